The van der Waals surface area contributed by atoms with Gasteiger partial charge in [-0.3, -0.25) is 4.79 Å². The molecular formula is C17H22BrN5O3S. The van der Waals surface area contributed by atoms with Crippen molar-refractivity contribution < 1.29 is 14.3 Å². The summed E-state index contributed by atoms with van der Waals surface area (Å²) in [6.45, 7) is 3.29. The molecule has 0 radical (unpaired) electrons. The van der Waals surface area contributed by atoms with Gasteiger partial charge in [-0.1, -0.05) is 33.8 Å². The van der Waals surface area contributed by atoms with Crippen molar-refractivity contribution in [1.82, 2.24) is 20.2 Å². The minimum atomic E-state index is -0.350. The number of nitrogens with zero attached hydrogens (tertiary/aromatic N) is 3. The van der Waals surface area contributed by atoms with E-state index in [9.17, 15) is 4.79 Å². The molecule has 1 aromatic heterocycles. The Balaban J connectivity index is 1.50. The lowest BCUT2D eigenvalue weighted by Gasteiger charge is -2.14. The molecule has 0 unspecified atom stereocenters. The topological polar surface area (TPSA) is 104 Å². The van der Waals surface area contributed by atoms with Crippen LogP contribution < -0.4 is 15.9 Å². The van der Waals surface area contributed by atoms with Crippen LogP contribution in [-0.2, 0) is 16.1 Å². The molecule has 1 aliphatic rings. The molecule has 10 heteroatoms. The van der Waals surface area contributed by atoms with Crippen molar-refractivity contribution in [1.29, 1.82) is 0 Å². The molecule has 1 aromatic carbocycles. The van der Waals surface area contributed by atoms with Gasteiger partial charge in [-0.25, -0.2) is 4.68 Å². The zero-order valence-corrected chi connectivity index (χ0v) is 17.3. The van der Waals surface area contributed by atoms with E-state index in [4.69, 9.17) is 15.3 Å². The third-order valence-electron chi connectivity index (χ3n) is 4.08. The van der Waals surface area contributed by atoms with Gasteiger partial charge in [0.15, 0.2) is 5.82 Å². The highest BCUT2D eigenvalue weighted by atomic mass is 79.9. The van der Waals surface area contributed by atoms with Crippen LogP contribution in [0, 0.1) is 0 Å². The first kappa shape index (κ1) is 20.0. The van der Waals surface area contributed by atoms with Gasteiger partial charge in [0.25, 0.3) is 0 Å². The average Bonchev–Trinajstić information content (AvgIpc) is 3.29. The number of halogens is 1. The number of carbonyl (C=O) groups excluding carboxylic acids is 1. The summed E-state index contributed by atoms with van der Waals surface area (Å²) in [5, 5.41) is 11.1. The quantitative estimate of drug-likeness (QED) is 0.463. The zero-order chi connectivity index (χ0) is 19.2. The molecule has 2 heterocycles. The van der Waals surface area contributed by atoms with Gasteiger partial charge >= 0.3 is 0 Å². The van der Waals surface area contributed by atoms with Crippen LogP contribution in [0.2, 0.25) is 0 Å². The van der Waals surface area contributed by atoms with E-state index in [-0.39, 0.29) is 23.9 Å². The molecule has 3 N–H and O–H groups in total. The maximum absolute atomic E-state index is 12.2. The molecule has 146 valence electrons. The Morgan fingerprint density at radius 2 is 2.41 bits per heavy atom. The van der Waals surface area contributed by atoms with E-state index in [2.05, 4.69) is 31.4 Å². The van der Waals surface area contributed by atoms with E-state index in [1.54, 1.807) is 0 Å². The predicted molar refractivity (Wildman–Crippen MR) is 106 cm³/mol. The first-order chi connectivity index (χ1) is 13.0. The minimum absolute atomic E-state index is 0.0783. The van der Waals surface area contributed by atoms with Gasteiger partial charge < -0.3 is 20.6 Å². The van der Waals surface area contributed by atoms with Gasteiger partial charge in [-0.2, -0.15) is 0 Å². The molecule has 0 bridgehead atoms. The summed E-state index contributed by atoms with van der Waals surface area (Å²) in [6, 6.07) is 7.49. The molecule has 2 atom stereocenters. The number of ether oxygens (including phenoxy) is 2. The smallest absolute Gasteiger partial charge is 0.233 e. The summed E-state index contributed by atoms with van der Waals surface area (Å²) in [5.74, 6) is 7.14. The van der Waals surface area contributed by atoms with Crippen LogP contribution >= 0.6 is 27.7 Å². The number of hydrogen-bond donors (Lipinski definition) is 2. The average molecular weight is 456 g/mol. The third-order valence-corrected chi connectivity index (χ3v) is 5.63. The van der Waals surface area contributed by atoms with Gasteiger partial charge in [0.05, 0.1) is 11.4 Å². The fraction of sp³-hybridized carbons (Fsp3) is 0.471. The normalized spacial score (nSPS) is 17.6. The number of aromatic nitrogens is 3. The van der Waals surface area contributed by atoms with Crippen LogP contribution in [0.15, 0.2) is 33.9 Å². The van der Waals surface area contributed by atoms with E-state index in [0.717, 1.165) is 23.9 Å². The monoisotopic (exact) mass is 455 g/mol. The Kier molecular flexibility index (Phi) is 6.97. The molecular weight excluding hydrogens is 434 g/mol. The number of amides is 1. The second-order valence-electron chi connectivity index (χ2n) is 6.16. The standard InChI is InChI=1S/C17H22BrN5O3S/c1-11(16(24)20-9-14-6-3-7-25-14)27-17-22-21-15(23(17)19)10-26-13-5-2-4-12(18)8-13/h2,4-5,8,11,14H,3,6-7,9-10,19H2,1H3,(H,20,24)/t11-,14+/m1/s1. The van der Waals surface area contributed by atoms with Crippen LogP contribution in [0.25, 0.3) is 0 Å². The molecule has 27 heavy (non-hydrogen) atoms. The second-order valence-corrected chi connectivity index (χ2v) is 8.38. The lowest BCUT2D eigenvalue weighted by atomic mass is 10.2. The van der Waals surface area contributed by atoms with E-state index in [1.807, 2.05) is 31.2 Å². The molecule has 1 amide bonds. The van der Waals surface area contributed by atoms with Crippen molar-refractivity contribution in [3.8, 4) is 5.75 Å². The minimum Gasteiger partial charge on any atom is -0.485 e. The van der Waals surface area contributed by atoms with Crippen LogP contribution in [0.1, 0.15) is 25.6 Å². The summed E-state index contributed by atoms with van der Waals surface area (Å²) in [7, 11) is 0. The van der Waals surface area contributed by atoms with E-state index >= 15 is 0 Å². The number of nitrogens with one attached hydrogen (secondary N) is 1. The molecule has 0 aliphatic carbocycles. The molecule has 1 aliphatic heterocycles. The fourth-order valence-electron chi connectivity index (χ4n) is 2.57. The predicted octanol–water partition coefficient (Wildman–Crippen LogP) is 2.11. The number of thioether (sulfide) groups is 1. The first-order valence-electron chi connectivity index (χ1n) is 8.66. The molecule has 0 spiro atoms. The molecule has 0 saturated carbocycles. The Morgan fingerprint density at radius 1 is 1.56 bits per heavy atom. The Hall–Kier alpha value is -1.78. The highest BCUT2D eigenvalue weighted by Crippen LogP contribution is 2.22. The summed E-state index contributed by atoms with van der Waals surface area (Å²) >= 11 is 4.65. The van der Waals surface area contributed by atoms with E-state index < -0.39 is 0 Å². The number of hydrogen-bond acceptors (Lipinski definition) is 7. The number of nitrogens with two attached hydrogens (primary N) is 1. The van der Waals surface area contributed by atoms with Crippen molar-refractivity contribution >= 4 is 33.6 Å². The highest BCUT2D eigenvalue weighted by Gasteiger charge is 2.22. The maximum Gasteiger partial charge on any atom is 0.233 e. The van der Waals surface area contributed by atoms with Crippen molar-refractivity contribution in [2.75, 3.05) is 19.0 Å². The SMILES string of the molecule is C[C@@H](Sc1nnc(COc2cccc(Br)c2)n1N)C(=O)NC[C@@H]1CCCO1. The molecule has 2 aromatic rings. The van der Waals surface area contributed by atoms with Gasteiger partial charge in [-0.05, 0) is 38.0 Å². The van der Waals surface area contributed by atoms with E-state index in [1.165, 1.54) is 16.4 Å². The second kappa shape index (κ2) is 9.43. The maximum atomic E-state index is 12.2. The summed E-state index contributed by atoms with van der Waals surface area (Å²) < 4.78 is 13.5. The zero-order valence-electron chi connectivity index (χ0n) is 14.9. The Labute approximate surface area is 170 Å². The Morgan fingerprint density at radius 3 is 3.15 bits per heavy atom. The van der Waals surface area contributed by atoms with Crippen molar-refractivity contribution in [2.45, 2.75) is 42.9 Å². The highest BCUT2D eigenvalue weighted by molar-refractivity contribution is 9.10. The van der Waals surface area contributed by atoms with Gasteiger partial charge in [0.1, 0.15) is 12.4 Å². The number of carbonyl (C=O) groups is 1. The van der Waals surface area contributed by atoms with Crippen LogP contribution in [0.5, 0.6) is 5.75 Å². The number of rotatable bonds is 8. The summed E-state index contributed by atoms with van der Waals surface area (Å²) in [5.41, 5.74) is 0. The van der Waals surface area contributed by atoms with Crippen molar-refractivity contribution in [3.05, 3.63) is 34.6 Å². The number of nitrogen functional groups attached to an aromatic ring is 1. The van der Waals surface area contributed by atoms with Gasteiger partial charge in [0.2, 0.25) is 11.1 Å². The van der Waals surface area contributed by atoms with E-state index in [0.29, 0.717) is 23.3 Å². The molecule has 8 nitrogen and oxygen atoms in total. The first-order valence-corrected chi connectivity index (χ1v) is 10.3. The van der Waals surface area contributed by atoms with Crippen molar-refractivity contribution in [2.24, 2.45) is 0 Å². The lowest BCUT2D eigenvalue weighted by Crippen LogP contribution is -2.36. The van der Waals surface area contributed by atoms with Gasteiger partial charge in [0, 0.05) is 17.6 Å². The van der Waals surface area contributed by atoms with Crippen molar-refractivity contribution in [3.63, 3.8) is 0 Å². The van der Waals surface area contributed by atoms with Crippen LogP contribution in [-0.4, -0.2) is 45.3 Å². The molecule has 1 saturated heterocycles. The number of benzene rings is 1. The van der Waals surface area contributed by atoms with Crippen LogP contribution in [0.3, 0.4) is 0 Å². The van der Waals surface area contributed by atoms with Crippen LogP contribution in [0.4, 0.5) is 0 Å². The lowest BCUT2D eigenvalue weighted by molar-refractivity contribution is -0.120. The Bertz CT molecular complexity index is 782. The molecule has 3 rings (SSSR count). The molecule has 1 fully saturated rings. The largest absolute Gasteiger partial charge is 0.485 e. The third kappa shape index (κ3) is 5.60. The van der Waals surface area contributed by atoms with Gasteiger partial charge in [-0.15, -0.1) is 10.2 Å². The summed E-state index contributed by atoms with van der Waals surface area (Å²) in [4.78, 5) is 12.2. The fourth-order valence-corrected chi connectivity index (χ4v) is 3.76. The summed E-state index contributed by atoms with van der Waals surface area (Å²) in [6.07, 6.45) is 2.15.